The molecule has 0 amide bonds. The number of hydrogen-bond donors (Lipinski definition) is 1. The highest BCUT2D eigenvalue weighted by atomic mass is 35.5. The second kappa shape index (κ2) is 4.36. The fourth-order valence-corrected chi connectivity index (χ4v) is 3.36. The van der Waals surface area contributed by atoms with E-state index in [2.05, 4.69) is 16.8 Å². The van der Waals surface area contributed by atoms with Gasteiger partial charge in [0.05, 0.1) is 9.72 Å². The van der Waals surface area contributed by atoms with Gasteiger partial charge in [0.2, 0.25) is 0 Å². The van der Waals surface area contributed by atoms with E-state index in [0.29, 0.717) is 0 Å². The summed E-state index contributed by atoms with van der Waals surface area (Å²) in [6, 6.07) is 6.90. The van der Waals surface area contributed by atoms with Crippen molar-refractivity contribution in [1.29, 1.82) is 0 Å². The van der Waals surface area contributed by atoms with Crippen LogP contribution in [-0.4, -0.2) is 6.04 Å². The van der Waals surface area contributed by atoms with Gasteiger partial charge < -0.3 is 5.32 Å². The molecule has 1 aliphatic carbocycles. The third-order valence-corrected chi connectivity index (χ3v) is 4.82. The maximum atomic E-state index is 6.16. The van der Waals surface area contributed by atoms with Gasteiger partial charge in [-0.15, -0.1) is 11.3 Å². The first kappa shape index (κ1) is 10.6. The predicted octanol–water partition coefficient (Wildman–Crippen LogP) is 4.20. The quantitative estimate of drug-likeness (QED) is 0.862. The average molecular weight is 252 g/mol. The summed E-state index contributed by atoms with van der Waals surface area (Å²) >= 11 is 7.91. The fraction of sp³-hybridized carbons (Fsp3) is 0.385. The van der Waals surface area contributed by atoms with Crippen LogP contribution in [0, 0.1) is 0 Å². The molecule has 0 aliphatic heterocycles. The highest BCUT2D eigenvalue weighted by Crippen LogP contribution is 2.32. The van der Waals surface area contributed by atoms with Crippen LogP contribution in [0.15, 0.2) is 23.6 Å². The summed E-state index contributed by atoms with van der Waals surface area (Å²) in [5.41, 5.74) is 1.38. The van der Waals surface area contributed by atoms with Crippen LogP contribution in [-0.2, 0) is 6.54 Å². The zero-order valence-electron chi connectivity index (χ0n) is 9.00. The topological polar surface area (TPSA) is 12.0 Å². The first-order valence-electron chi connectivity index (χ1n) is 5.72. The first-order chi connectivity index (χ1) is 7.84. The zero-order chi connectivity index (χ0) is 11.0. The van der Waals surface area contributed by atoms with Crippen LogP contribution in [0.25, 0.3) is 10.1 Å². The van der Waals surface area contributed by atoms with Crippen molar-refractivity contribution in [3.63, 3.8) is 0 Å². The third-order valence-electron chi connectivity index (χ3n) is 3.32. The van der Waals surface area contributed by atoms with Gasteiger partial charge in [-0.1, -0.05) is 30.2 Å². The molecule has 84 valence electrons. The van der Waals surface area contributed by atoms with Crippen molar-refractivity contribution in [2.24, 2.45) is 0 Å². The van der Waals surface area contributed by atoms with Gasteiger partial charge in [0.25, 0.3) is 0 Å². The summed E-state index contributed by atoms with van der Waals surface area (Å²) in [5.74, 6) is 0. The summed E-state index contributed by atoms with van der Waals surface area (Å²) in [6.07, 6.45) is 4.06. The molecule has 0 saturated heterocycles. The second-order valence-corrected chi connectivity index (χ2v) is 5.67. The number of rotatable bonds is 3. The van der Waals surface area contributed by atoms with Crippen molar-refractivity contribution in [2.45, 2.75) is 31.8 Å². The molecule has 3 heteroatoms. The van der Waals surface area contributed by atoms with Crippen molar-refractivity contribution in [1.82, 2.24) is 5.32 Å². The smallest absolute Gasteiger partial charge is 0.0584 e. The Morgan fingerprint density at radius 3 is 3.00 bits per heavy atom. The van der Waals surface area contributed by atoms with E-state index in [-0.39, 0.29) is 0 Å². The molecule has 0 unspecified atom stereocenters. The van der Waals surface area contributed by atoms with Crippen LogP contribution < -0.4 is 5.32 Å². The Labute approximate surface area is 104 Å². The van der Waals surface area contributed by atoms with Gasteiger partial charge in [-0.05, 0) is 35.2 Å². The van der Waals surface area contributed by atoms with E-state index >= 15 is 0 Å². The third kappa shape index (κ3) is 1.86. The zero-order valence-corrected chi connectivity index (χ0v) is 10.6. The summed E-state index contributed by atoms with van der Waals surface area (Å²) in [5, 5.41) is 8.00. The molecule has 1 aromatic heterocycles. The molecule has 0 spiro atoms. The van der Waals surface area contributed by atoms with Crippen LogP contribution in [0.5, 0.6) is 0 Å². The van der Waals surface area contributed by atoms with E-state index in [4.69, 9.17) is 11.6 Å². The van der Waals surface area contributed by atoms with E-state index in [1.54, 1.807) is 11.3 Å². The van der Waals surface area contributed by atoms with Crippen LogP contribution in [0.3, 0.4) is 0 Å². The van der Waals surface area contributed by atoms with Crippen molar-refractivity contribution in [3.05, 3.63) is 34.2 Å². The summed E-state index contributed by atoms with van der Waals surface area (Å²) in [6.45, 7) is 0.977. The second-order valence-electron chi connectivity index (χ2n) is 4.39. The number of fused-ring (bicyclic) bond motifs is 1. The Balaban J connectivity index is 1.83. The summed E-state index contributed by atoms with van der Waals surface area (Å²) in [4.78, 5) is 0. The molecule has 3 rings (SSSR count). The number of hydrogen-bond acceptors (Lipinski definition) is 2. The van der Waals surface area contributed by atoms with Crippen molar-refractivity contribution in [2.75, 3.05) is 0 Å². The Bertz CT molecular complexity index is 502. The van der Waals surface area contributed by atoms with Gasteiger partial charge in [0.15, 0.2) is 0 Å². The minimum Gasteiger partial charge on any atom is -0.310 e. The van der Waals surface area contributed by atoms with Crippen LogP contribution in [0.2, 0.25) is 5.02 Å². The van der Waals surface area contributed by atoms with E-state index in [9.17, 15) is 0 Å². The molecular formula is C13H14ClNS. The lowest BCUT2D eigenvalue weighted by Gasteiger charge is -2.26. The van der Waals surface area contributed by atoms with E-state index in [1.165, 1.54) is 34.9 Å². The molecule has 1 aliphatic rings. The lowest BCUT2D eigenvalue weighted by molar-refractivity contribution is 0.339. The Hall–Kier alpha value is -0.570. The monoisotopic (exact) mass is 251 g/mol. The Morgan fingerprint density at radius 1 is 1.38 bits per heavy atom. The number of halogens is 1. The molecular weight excluding hydrogens is 238 g/mol. The Morgan fingerprint density at radius 2 is 2.25 bits per heavy atom. The minimum atomic E-state index is 0.745. The van der Waals surface area contributed by atoms with Gasteiger partial charge >= 0.3 is 0 Å². The van der Waals surface area contributed by atoms with Gasteiger partial charge in [-0.3, -0.25) is 0 Å². The van der Waals surface area contributed by atoms with Crippen LogP contribution >= 0.6 is 22.9 Å². The van der Waals surface area contributed by atoms with Gasteiger partial charge in [-0.2, -0.15) is 0 Å². The molecule has 1 fully saturated rings. The van der Waals surface area contributed by atoms with E-state index < -0.39 is 0 Å². The van der Waals surface area contributed by atoms with Crippen molar-refractivity contribution >= 4 is 33.0 Å². The van der Waals surface area contributed by atoms with Crippen LogP contribution in [0.4, 0.5) is 0 Å². The standard InChI is InChI=1S/C13H14ClNS/c14-12-6-2-5-11-9(8-16-13(11)12)7-15-10-3-1-4-10/h2,5-6,8,10,15H,1,3-4,7H2. The molecule has 1 nitrogen and oxygen atoms in total. The molecule has 16 heavy (non-hydrogen) atoms. The molecule has 1 aromatic carbocycles. The number of nitrogens with one attached hydrogen (secondary N) is 1. The molecule has 0 radical (unpaired) electrons. The number of benzene rings is 1. The SMILES string of the molecule is Clc1cccc2c(CNC3CCC3)csc12. The van der Waals surface area contributed by atoms with Crippen molar-refractivity contribution < 1.29 is 0 Å². The molecule has 1 heterocycles. The van der Waals surface area contributed by atoms with Gasteiger partial charge in [0, 0.05) is 12.6 Å². The fourth-order valence-electron chi connectivity index (χ4n) is 2.08. The lowest BCUT2D eigenvalue weighted by Crippen LogP contribution is -2.34. The lowest BCUT2D eigenvalue weighted by atomic mass is 9.93. The molecule has 2 aromatic rings. The molecule has 1 N–H and O–H groups in total. The largest absolute Gasteiger partial charge is 0.310 e. The Kier molecular flexibility index (Phi) is 2.88. The maximum absolute atomic E-state index is 6.16. The van der Waals surface area contributed by atoms with Gasteiger partial charge in [0.1, 0.15) is 0 Å². The van der Waals surface area contributed by atoms with E-state index in [0.717, 1.165) is 17.6 Å². The van der Waals surface area contributed by atoms with E-state index in [1.807, 2.05) is 12.1 Å². The highest BCUT2D eigenvalue weighted by molar-refractivity contribution is 7.18. The maximum Gasteiger partial charge on any atom is 0.0584 e. The average Bonchev–Trinajstić information content (AvgIpc) is 2.61. The molecule has 0 bridgehead atoms. The first-order valence-corrected chi connectivity index (χ1v) is 6.98. The molecule has 1 saturated carbocycles. The van der Waals surface area contributed by atoms with Gasteiger partial charge in [-0.25, -0.2) is 0 Å². The minimum absolute atomic E-state index is 0.745. The molecule has 0 atom stereocenters. The van der Waals surface area contributed by atoms with Crippen molar-refractivity contribution in [3.8, 4) is 0 Å². The predicted molar refractivity (Wildman–Crippen MR) is 71.3 cm³/mol. The highest BCUT2D eigenvalue weighted by Gasteiger charge is 2.16. The summed E-state index contributed by atoms with van der Waals surface area (Å²) in [7, 11) is 0. The number of thiophene rings is 1. The van der Waals surface area contributed by atoms with Crippen LogP contribution in [0.1, 0.15) is 24.8 Å². The summed E-state index contributed by atoms with van der Waals surface area (Å²) < 4.78 is 1.22. The normalized spacial score (nSPS) is 16.6.